The molecule has 90 valence electrons. The molecule has 15 heavy (non-hydrogen) atoms. The van der Waals surface area contributed by atoms with Gasteiger partial charge in [0.2, 0.25) is 10.0 Å². The van der Waals surface area contributed by atoms with Gasteiger partial charge in [-0.2, -0.15) is 4.31 Å². The van der Waals surface area contributed by atoms with Crippen molar-refractivity contribution in [1.29, 1.82) is 0 Å². The van der Waals surface area contributed by atoms with Gasteiger partial charge in [0, 0.05) is 19.1 Å². The summed E-state index contributed by atoms with van der Waals surface area (Å²) in [4.78, 5) is 0. The third-order valence-corrected chi connectivity index (χ3v) is 5.29. The Bertz CT molecular complexity index is 282. The van der Waals surface area contributed by atoms with E-state index in [0.29, 0.717) is 13.1 Å². The third kappa shape index (κ3) is 2.92. The summed E-state index contributed by atoms with van der Waals surface area (Å²) < 4.78 is 26.1. The highest BCUT2D eigenvalue weighted by atomic mass is 32.2. The Morgan fingerprint density at radius 3 is 2.53 bits per heavy atom. The van der Waals surface area contributed by atoms with E-state index in [-0.39, 0.29) is 11.3 Å². The first-order valence-electron chi connectivity index (χ1n) is 5.71. The van der Waals surface area contributed by atoms with Crippen LogP contribution in [-0.4, -0.2) is 43.6 Å². The number of hydrogen-bond donors (Lipinski definition) is 1. The predicted octanol–water partition coefficient (Wildman–Crippen LogP) is 0.798. The summed E-state index contributed by atoms with van der Waals surface area (Å²) in [5.74, 6) is 0. The van der Waals surface area contributed by atoms with Crippen LogP contribution >= 0.6 is 0 Å². The van der Waals surface area contributed by atoms with Gasteiger partial charge < -0.3 is 5.32 Å². The van der Waals surface area contributed by atoms with Gasteiger partial charge in [-0.05, 0) is 33.2 Å². The summed E-state index contributed by atoms with van der Waals surface area (Å²) in [5, 5.41) is 2.89. The lowest BCUT2D eigenvalue weighted by Gasteiger charge is -2.28. The Balaban J connectivity index is 2.80. The monoisotopic (exact) mass is 234 g/mol. The van der Waals surface area contributed by atoms with Gasteiger partial charge in [0.25, 0.3) is 0 Å². The van der Waals surface area contributed by atoms with Gasteiger partial charge in [-0.25, -0.2) is 8.42 Å². The molecule has 0 radical (unpaired) electrons. The zero-order valence-electron chi connectivity index (χ0n) is 9.86. The summed E-state index contributed by atoms with van der Waals surface area (Å²) in [6.45, 7) is 7.96. The van der Waals surface area contributed by atoms with Crippen molar-refractivity contribution in [2.45, 2.75) is 44.9 Å². The van der Waals surface area contributed by atoms with Crippen LogP contribution in [0.15, 0.2) is 0 Å². The van der Waals surface area contributed by atoms with E-state index in [4.69, 9.17) is 0 Å². The Labute approximate surface area is 93.1 Å². The van der Waals surface area contributed by atoms with Crippen molar-refractivity contribution in [1.82, 2.24) is 9.62 Å². The lowest BCUT2D eigenvalue weighted by molar-refractivity contribution is 0.349. The van der Waals surface area contributed by atoms with Crippen LogP contribution in [0.3, 0.4) is 0 Å². The summed E-state index contributed by atoms with van der Waals surface area (Å²) in [7, 11) is -3.09. The zero-order valence-corrected chi connectivity index (χ0v) is 10.7. The normalized spacial score (nSPS) is 22.9. The minimum atomic E-state index is -3.09. The molecule has 5 heteroatoms. The molecule has 1 unspecified atom stereocenters. The molecule has 1 heterocycles. The van der Waals surface area contributed by atoms with Crippen LogP contribution in [0.5, 0.6) is 0 Å². The van der Waals surface area contributed by atoms with Crippen molar-refractivity contribution in [3.05, 3.63) is 0 Å². The fourth-order valence-electron chi connectivity index (χ4n) is 1.97. The second-order valence-corrected chi connectivity index (χ2v) is 6.53. The van der Waals surface area contributed by atoms with Gasteiger partial charge in [-0.3, -0.25) is 0 Å². The first-order chi connectivity index (χ1) is 7.00. The molecule has 1 fully saturated rings. The van der Waals surface area contributed by atoms with E-state index >= 15 is 0 Å². The van der Waals surface area contributed by atoms with Crippen LogP contribution in [-0.2, 0) is 10.0 Å². The van der Waals surface area contributed by atoms with Crippen LogP contribution in [0, 0.1) is 0 Å². The smallest absolute Gasteiger partial charge is 0.218 e. The lowest BCUT2D eigenvalue weighted by Crippen LogP contribution is -2.44. The van der Waals surface area contributed by atoms with E-state index in [1.54, 1.807) is 4.31 Å². The van der Waals surface area contributed by atoms with E-state index in [0.717, 1.165) is 19.4 Å². The van der Waals surface area contributed by atoms with Gasteiger partial charge in [-0.15, -0.1) is 0 Å². The molecule has 1 rings (SSSR count). The van der Waals surface area contributed by atoms with E-state index in [1.165, 1.54) is 0 Å². The molecular weight excluding hydrogens is 212 g/mol. The average Bonchev–Trinajstić information content (AvgIpc) is 2.66. The highest BCUT2D eigenvalue weighted by molar-refractivity contribution is 7.89. The van der Waals surface area contributed by atoms with Gasteiger partial charge >= 0.3 is 0 Å². The van der Waals surface area contributed by atoms with E-state index < -0.39 is 10.0 Å². The fourth-order valence-corrected chi connectivity index (χ4v) is 4.13. The molecule has 0 aromatic carbocycles. The van der Waals surface area contributed by atoms with Crippen molar-refractivity contribution in [2.24, 2.45) is 0 Å². The number of sulfonamides is 1. The minimum Gasteiger partial charge on any atom is -0.315 e. The molecule has 0 aromatic heterocycles. The number of nitrogens with zero attached hydrogens (tertiary/aromatic N) is 1. The van der Waals surface area contributed by atoms with E-state index in [1.807, 2.05) is 20.8 Å². The third-order valence-electron chi connectivity index (χ3n) is 2.78. The SMILES string of the molecule is CCCN(C(C)C)S(=O)(=O)C1CCNC1. The molecule has 0 saturated carbocycles. The van der Waals surface area contributed by atoms with Gasteiger partial charge in [0.15, 0.2) is 0 Å². The molecule has 0 aromatic rings. The van der Waals surface area contributed by atoms with Crippen molar-refractivity contribution >= 4 is 10.0 Å². The zero-order chi connectivity index (χ0) is 11.5. The van der Waals surface area contributed by atoms with Gasteiger partial charge in [-0.1, -0.05) is 6.92 Å². The Morgan fingerprint density at radius 1 is 1.47 bits per heavy atom. The first-order valence-corrected chi connectivity index (χ1v) is 7.21. The van der Waals surface area contributed by atoms with Crippen LogP contribution in [0.4, 0.5) is 0 Å². The van der Waals surface area contributed by atoms with Gasteiger partial charge in [0.05, 0.1) is 5.25 Å². The number of hydrogen-bond acceptors (Lipinski definition) is 3. The molecule has 0 spiro atoms. The van der Waals surface area contributed by atoms with Crippen molar-refractivity contribution in [2.75, 3.05) is 19.6 Å². The fraction of sp³-hybridized carbons (Fsp3) is 1.00. The molecular formula is C10H22N2O2S. The van der Waals surface area contributed by atoms with Crippen molar-refractivity contribution < 1.29 is 8.42 Å². The van der Waals surface area contributed by atoms with Crippen LogP contribution in [0.2, 0.25) is 0 Å². The maximum atomic E-state index is 12.3. The molecule has 4 nitrogen and oxygen atoms in total. The standard InChI is InChI=1S/C10H22N2O2S/c1-4-7-12(9(2)3)15(13,14)10-5-6-11-8-10/h9-11H,4-8H2,1-3H3. The molecule has 0 bridgehead atoms. The molecule has 1 atom stereocenters. The van der Waals surface area contributed by atoms with Crippen molar-refractivity contribution in [3.63, 3.8) is 0 Å². The van der Waals surface area contributed by atoms with Crippen molar-refractivity contribution in [3.8, 4) is 0 Å². The van der Waals surface area contributed by atoms with Crippen LogP contribution in [0.25, 0.3) is 0 Å². The second-order valence-electron chi connectivity index (χ2n) is 4.36. The summed E-state index contributed by atoms with van der Waals surface area (Å²) >= 11 is 0. The van der Waals surface area contributed by atoms with E-state index in [9.17, 15) is 8.42 Å². The quantitative estimate of drug-likeness (QED) is 0.765. The molecule has 1 aliphatic rings. The Morgan fingerprint density at radius 2 is 2.13 bits per heavy atom. The number of rotatable bonds is 5. The Hall–Kier alpha value is -0.130. The lowest BCUT2D eigenvalue weighted by atomic mass is 10.4. The topological polar surface area (TPSA) is 49.4 Å². The van der Waals surface area contributed by atoms with Crippen LogP contribution in [0.1, 0.15) is 33.6 Å². The highest BCUT2D eigenvalue weighted by Crippen LogP contribution is 2.18. The average molecular weight is 234 g/mol. The summed E-state index contributed by atoms with van der Waals surface area (Å²) in [5.41, 5.74) is 0. The van der Waals surface area contributed by atoms with E-state index in [2.05, 4.69) is 5.32 Å². The second kappa shape index (κ2) is 5.27. The molecule has 0 aliphatic carbocycles. The number of nitrogens with one attached hydrogen (secondary N) is 1. The van der Waals surface area contributed by atoms with Gasteiger partial charge in [0.1, 0.15) is 0 Å². The van der Waals surface area contributed by atoms with Crippen LogP contribution < -0.4 is 5.32 Å². The summed E-state index contributed by atoms with van der Waals surface area (Å²) in [6, 6.07) is 0.0653. The summed E-state index contributed by atoms with van der Waals surface area (Å²) in [6.07, 6.45) is 1.62. The molecule has 1 saturated heterocycles. The molecule has 1 N–H and O–H groups in total. The molecule has 1 aliphatic heterocycles. The maximum absolute atomic E-state index is 12.3. The highest BCUT2D eigenvalue weighted by Gasteiger charge is 2.34. The maximum Gasteiger partial charge on any atom is 0.218 e. The minimum absolute atomic E-state index is 0.0653. The Kier molecular flexibility index (Phi) is 4.55. The molecule has 0 amide bonds. The first kappa shape index (κ1) is 12.9. The largest absolute Gasteiger partial charge is 0.315 e. The predicted molar refractivity (Wildman–Crippen MR) is 62.3 cm³/mol.